The van der Waals surface area contributed by atoms with Gasteiger partial charge < -0.3 is 9.47 Å². The van der Waals surface area contributed by atoms with E-state index < -0.39 is 91.5 Å². The second-order valence-electron chi connectivity index (χ2n) is 8.64. The number of aromatic nitrogens is 2. The summed E-state index contributed by atoms with van der Waals surface area (Å²) in [6.45, 7) is -3.57. The molecule has 44 heavy (non-hydrogen) atoms. The molecule has 0 bridgehead atoms. The van der Waals surface area contributed by atoms with Gasteiger partial charge in [-0.15, -0.1) is 0 Å². The smallest absolute Gasteiger partial charge is 0.460 e. The molecule has 1 aromatic heterocycles. The van der Waals surface area contributed by atoms with Gasteiger partial charge in [0.05, 0.1) is 31.7 Å². The third-order valence-corrected chi connectivity index (χ3v) is 5.48. The highest BCUT2D eigenvalue weighted by molar-refractivity contribution is 5.60. The van der Waals surface area contributed by atoms with Crippen LogP contribution < -0.4 is 9.47 Å². The fourth-order valence-corrected chi connectivity index (χ4v) is 2.98. The van der Waals surface area contributed by atoms with Crippen LogP contribution >= 0.6 is 0 Å². The average molecular weight is 680 g/mol. The van der Waals surface area contributed by atoms with Gasteiger partial charge in [0.15, 0.2) is 0 Å². The summed E-state index contributed by atoms with van der Waals surface area (Å²) in [6, 6.07) is 6.07. The minimum atomic E-state index is -7.20. The lowest BCUT2D eigenvalue weighted by atomic mass is 10.0. The number of ether oxygens (including phenoxy) is 2. The van der Waals surface area contributed by atoms with Crippen LogP contribution in [0.5, 0.6) is 11.9 Å². The third kappa shape index (κ3) is 6.97. The van der Waals surface area contributed by atoms with Crippen LogP contribution in [0.4, 0.5) is 79.0 Å². The molecule has 0 saturated heterocycles. The van der Waals surface area contributed by atoms with Crippen LogP contribution in [-0.2, 0) is 0 Å². The molecule has 1 aromatic carbocycles. The van der Waals surface area contributed by atoms with Gasteiger partial charge in [0.1, 0.15) is 0 Å². The highest BCUT2D eigenvalue weighted by Gasteiger charge is 2.82. The molecular weight excluding hydrogens is 666 g/mol. The summed E-state index contributed by atoms with van der Waals surface area (Å²) in [4.78, 5) is 6.78. The molecule has 1 heterocycles. The first kappa shape index (κ1) is 36.8. The van der Waals surface area contributed by atoms with Crippen LogP contribution in [0.25, 0.3) is 11.3 Å². The minimum absolute atomic E-state index is 0.0352. The zero-order chi connectivity index (χ0) is 34.2. The van der Waals surface area contributed by atoms with Crippen LogP contribution in [0.1, 0.15) is 12.8 Å². The van der Waals surface area contributed by atoms with Gasteiger partial charge in [-0.3, -0.25) is 0 Å². The molecule has 0 saturated carbocycles. The number of hydrogen-bond donors (Lipinski definition) is 0. The normalized spacial score (nSPS) is 14.5. The van der Waals surface area contributed by atoms with Crippen molar-refractivity contribution in [1.82, 2.24) is 9.97 Å². The number of nitrogens with zero attached hydrogens (tertiary/aromatic N) is 2. The van der Waals surface area contributed by atoms with E-state index in [1.54, 1.807) is 0 Å². The highest BCUT2D eigenvalue weighted by atomic mass is 19.4. The zero-order valence-electron chi connectivity index (χ0n) is 20.8. The van der Waals surface area contributed by atoms with E-state index in [0.717, 1.165) is 0 Å². The second-order valence-corrected chi connectivity index (χ2v) is 8.64. The summed E-state index contributed by atoms with van der Waals surface area (Å²) < 4.78 is 243. The summed E-state index contributed by atoms with van der Waals surface area (Å²) in [5.74, 6) is -41.5. The Kier molecular flexibility index (Phi) is 9.93. The predicted molar refractivity (Wildman–Crippen MR) is 109 cm³/mol. The van der Waals surface area contributed by atoms with Crippen LogP contribution in [0.2, 0.25) is 0 Å². The van der Waals surface area contributed by atoms with Crippen LogP contribution in [0.3, 0.4) is 0 Å². The predicted octanol–water partition coefficient (Wildman–Crippen LogP) is 8.62. The van der Waals surface area contributed by atoms with Gasteiger partial charge >= 0.3 is 53.9 Å². The molecule has 0 spiro atoms. The third-order valence-electron chi connectivity index (χ3n) is 5.48. The number of halogens is 18. The monoisotopic (exact) mass is 680 g/mol. The van der Waals surface area contributed by atoms with E-state index in [2.05, 4.69) is 19.4 Å². The fraction of sp³-hybridized carbons (Fsp3) is 0.545. The van der Waals surface area contributed by atoms with Gasteiger partial charge in [-0.2, -0.15) is 89.0 Å². The Labute approximate surface area is 233 Å². The standard InChI is InChI=1S/C22H14F18N2O2/c23-15(24,17(27,28)19(31,32)21(35,36)37)6-8-43-13-10-12(11-4-2-1-3-5-11)41-14(42-13)44-9-7-16(25,26)18(29,30)20(33,34)22(38,39)40/h1-5,10H,6-9H2. The topological polar surface area (TPSA) is 44.2 Å². The minimum Gasteiger partial charge on any atom is -0.477 e. The number of alkyl halides is 18. The van der Waals surface area contributed by atoms with Crippen molar-refractivity contribution in [1.29, 1.82) is 0 Å². The quantitative estimate of drug-likeness (QED) is 0.199. The van der Waals surface area contributed by atoms with Crippen molar-refractivity contribution in [3.63, 3.8) is 0 Å². The van der Waals surface area contributed by atoms with E-state index in [4.69, 9.17) is 0 Å². The molecule has 0 N–H and O–H groups in total. The van der Waals surface area contributed by atoms with E-state index in [-0.39, 0.29) is 5.56 Å². The largest absolute Gasteiger partial charge is 0.477 e. The molecule has 0 unspecified atom stereocenters. The molecule has 0 aliphatic rings. The highest BCUT2D eigenvalue weighted by Crippen LogP contribution is 2.55. The maximum absolute atomic E-state index is 13.8. The Bertz CT molecular complexity index is 1190. The maximum Gasteiger partial charge on any atom is 0.460 e. The molecular formula is C22H14F18N2O2. The first-order valence-electron chi connectivity index (χ1n) is 11.2. The van der Waals surface area contributed by atoms with Gasteiger partial charge in [-0.25, -0.2) is 0 Å². The molecule has 250 valence electrons. The lowest BCUT2D eigenvalue weighted by molar-refractivity contribution is -0.397. The molecule has 0 aliphatic carbocycles. The molecule has 22 heteroatoms. The maximum atomic E-state index is 13.8. The summed E-state index contributed by atoms with van der Waals surface area (Å²) in [5, 5.41) is 0. The number of hydrogen-bond acceptors (Lipinski definition) is 4. The van der Waals surface area contributed by atoms with Crippen molar-refractivity contribution in [2.45, 2.75) is 60.7 Å². The lowest BCUT2D eigenvalue weighted by Gasteiger charge is -2.33. The summed E-state index contributed by atoms with van der Waals surface area (Å²) in [6.07, 6.45) is -19.2. The second kappa shape index (κ2) is 11.9. The molecule has 2 rings (SSSR count). The van der Waals surface area contributed by atoms with Crippen molar-refractivity contribution in [3.8, 4) is 23.1 Å². The van der Waals surface area contributed by atoms with E-state index in [1.807, 2.05) is 0 Å². The van der Waals surface area contributed by atoms with Crippen LogP contribution in [-0.4, -0.2) is 71.1 Å². The fourth-order valence-electron chi connectivity index (χ4n) is 2.98. The molecule has 0 fully saturated rings. The summed E-state index contributed by atoms with van der Waals surface area (Å²) in [5.41, 5.74) is -0.361. The zero-order valence-corrected chi connectivity index (χ0v) is 20.8. The van der Waals surface area contributed by atoms with Crippen LogP contribution in [0.15, 0.2) is 36.4 Å². The SMILES string of the molecule is FC(F)(F)C(F)(F)C(F)(F)C(F)(F)CCOc1cc(-c2ccccc2)nc(OCCC(F)(F)C(F)(F)C(F)(F)C(F)(F)F)n1. The van der Waals surface area contributed by atoms with Crippen molar-refractivity contribution in [3.05, 3.63) is 36.4 Å². The molecule has 0 aliphatic heterocycles. The van der Waals surface area contributed by atoms with E-state index in [9.17, 15) is 79.0 Å². The van der Waals surface area contributed by atoms with Crippen molar-refractivity contribution < 1.29 is 88.5 Å². The van der Waals surface area contributed by atoms with Gasteiger partial charge in [-0.05, 0) is 0 Å². The van der Waals surface area contributed by atoms with Crippen molar-refractivity contribution >= 4 is 0 Å². The Morgan fingerprint density at radius 2 is 0.909 bits per heavy atom. The molecule has 2 aromatic rings. The first-order chi connectivity index (χ1) is 19.6. The van der Waals surface area contributed by atoms with E-state index >= 15 is 0 Å². The summed E-state index contributed by atoms with van der Waals surface area (Å²) in [7, 11) is 0. The summed E-state index contributed by atoms with van der Waals surface area (Å²) >= 11 is 0. The number of rotatable bonds is 13. The van der Waals surface area contributed by atoms with Crippen molar-refractivity contribution in [2.75, 3.05) is 13.2 Å². The lowest BCUT2D eigenvalue weighted by Crippen LogP contribution is -2.61. The van der Waals surface area contributed by atoms with E-state index in [1.165, 1.54) is 30.3 Å². The Morgan fingerprint density at radius 1 is 0.500 bits per heavy atom. The Hall–Kier alpha value is -3.36. The van der Waals surface area contributed by atoms with E-state index in [0.29, 0.717) is 6.07 Å². The Balaban J connectivity index is 2.28. The van der Waals surface area contributed by atoms with Gasteiger partial charge in [0.2, 0.25) is 5.88 Å². The average Bonchev–Trinajstić information content (AvgIpc) is 2.87. The van der Waals surface area contributed by atoms with Crippen LogP contribution in [0, 0.1) is 0 Å². The molecule has 4 nitrogen and oxygen atoms in total. The molecule has 0 amide bonds. The number of benzene rings is 1. The Morgan fingerprint density at radius 3 is 1.32 bits per heavy atom. The van der Waals surface area contributed by atoms with Crippen molar-refractivity contribution in [2.24, 2.45) is 0 Å². The first-order valence-corrected chi connectivity index (χ1v) is 11.2. The molecule has 0 atom stereocenters. The van der Waals surface area contributed by atoms with Gasteiger partial charge in [-0.1, -0.05) is 30.3 Å². The molecule has 0 radical (unpaired) electrons. The van der Waals surface area contributed by atoms with Gasteiger partial charge in [0.25, 0.3) is 0 Å². The van der Waals surface area contributed by atoms with Gasteiger partial charge in [0, 0.05) is 11.6 Å².